The van der Waals surface area contributed by atoms with Gasteiger partial charge in [-0.05, 0) is 50.8 Å². The number of nitrogens with two attached hydrogens (primary N) is 1. The molecule has 4 nitrogen and oxygen atoms in total. The van der Waals surface area contributed by atoms with Gasteiger partial charge in [-0.25, -0.2) is 0 Å². The Hall–Kier alpha value is -0.810. The van der Waals surface area contributed by atoms with E-state index in [0.717, 1.165) is 24.6 Å². The number of nitrogens with zero attached hydrogens (tertiary/aromatic N) is 1. The van der Waals surface area contributed by atoms with Crippen molar-refractivity contribution in [2.75, 3.05) is 19.6 Å². The van der Waals surface area contributed by atoms with Gasteiger partial charge in [0.25, 0.3) is 0 Å². The number of carbonyl (C=O) groups is 1. The summed E-state index contributed by atoms with van der Waals surface area (Å²) in [6, 6.07) is 9.82. The summed E-state index contributed by atoms with van der Waals surface area (Å²) in [6.07, 6.45) is 3.10. The Balaban J connectivity index is 0.00000264. The molecule has 24 heavy (non-hydrogen) atoms. The van der Waals surface area contributed by atoms with Crippen LogP contribution >= 0.6 is 24.8 Å². The van der Waals surface area contributed by atoms with Gasteiger partial charge >= 0.3 is 0 Å². The van der Waals surface area contributed by atoms with Crippen LogP contribution in [-0.2, 0) is 11.2 Å². The fraction of sp³-hybridized carbons (Fsp3) is 0.611. The van der Waals surface area contributed by atoms with Gasteiger partial charge in [-0.1, -0.05) is 37.3 Å². The normalized spacial score (nSPS) is 18.0. The number of rotatable bonds is 6. The second-order valence-corrected chi connectivity index (χ2v) is 6.61. The van der Waals surface area contributed by atoms with E-state index >= 15 is 0 Å². The van der Waals surface area contributed by atoms with Crippen molar-refractivity contribution in [2.45, 2.75) is 45.2 Å². The Kier molecular flexibility index (Phi) is 11.3. The maximum Gasteiger partial charge on any atom is 0.237 e. The van der Waals surface area contributed by atoms with E-state index in [4.69, 9.17) is 5.73 Å². The maximum atomic E-state index is 12.1. The minimum Gasteiger partial charge on any atom is -0.353 e. The van der Waals surface area contributed by atoms with Crippen LogP contribution in [0.4, 0.5) is 0 Å². The van der Waals surface area contributed by atoms with E-state index in [1.807, 2.05) is 30.3 Å². The highest BCUT2D eigenvalue weighted by Crippen LogP contribution is 2.17. The van der Waals surface area contributed by atoms with Gasteiger partial charge in [-0.2, -0.15) is 0 Å². The standard InChI is InChI=1S/C18H29N3O.2ClH/c1-14-8-10-21(11-9-14)15(2)13-20-18(22)17(19)12-16-6-4-3-5-7-16;;/h3-7,14-15,17H,8-13,19H2,1-2H3,(H,20,22);2*1H. The Morgan fingerprint density at radius 2 is 1.83 bits per heavy atom. The highest BCUT2D eigenvalue weighted by molar-refractivity contribution is 5.85. The zero-order chi connectivity index (χ0) is 15.9. The van der Waals surface area contributed by atoms with E-state index in [1.54, 1.807) is 0 Å². The van der Waals surface area contributed by atoms with Crippen LogP contribution in [0.5, 0.6) is 0 Å². The lowest BCUT2D eigenvalue weighted by Crippen LogP contribution is -2.49. The number of benzene rings is 1. The monoisotopic (exact) mass is 375 g/mol. The van der Waals surface area contributed by atoms with E-state index in [0.29, 0.717) is 19.0 Å². The van der Waals surface area contributed by atoms with Crippen LogP contribution in [0, 0.1) is 5.92 Å². The molecule has 2 unspecified atom stereocenters. The zero-order valence-corrected chi connectivity index (χ0v) is 16.2. The van der Waals surface area contributed by atoms with Crippen molar-refractivity contribution in [1.29, 1.82) is 0 Å². The highest BCUT2D eigenvalue weighted by Gasteiger charge is 2.21. The molecule has 0 bridgehead atoms. The largest absolute Gasteiger partial charge is 0.353 e. The summed E-state index contributed by atoms with van der Waals surface area (Å²) in [5.74, 6) is 0.776. The first kappa shape index (κ1) is 23.2. The van der Waals surface area contributed by atoms with E-state index in [-0.39, 0.29) is 30.7 Å². The number of hydrogen-bond acceptors (Lipinski definition) is 3. The molecule has 6 heteroatoms. The summed E-state index contributed by atoms with van der Waals surface area (Å²) in [5, 5.41) is 3.01. The van der Waals surface area contributed by atoms with Crippen LogP contribution in [0.1, 0.15) is 32.3 Å². The third-order valence-corrected chi connectivity index (χ3v) is 4.65. The maximum absolute atomic E-state index is 12.1. The number of carbonyl (C=O) groups excluding carboxylic acids is 1. The minimum atomic E-state index is -0.476. The second kappa shape index (κ2) is 11.7. The molecular weight excluding hydrogens is 345 g/mol. The molecule has 1 saturated heterocycles. The summed E-state index contributed by atoms with van der Waals surface area (Å²) in [5.41, 5.74) is 7.11. The highest BCUT2D eigenvalue weighted by atomic mass is 35.5. The van der Waals surface area contributed by atoms with Crippen molar-refractivity contribution in [3.8, 4) is 0 Å². The Morgan fingerprint density at radius 1 is 1.25 bits per heavy atom. The Labute approximate surface area is 158 Å². The first-order valence-corrected chi connectivity index (χ1v) is 8.37. The lowest BCUT2D eigenvalue weighted by Gasteiger charge is -2.35. The molecule has 1 aromatic carbocycles. The topological polar surface area (TPSA) is 58.4 Å². The lowest BCUT2D eigenvalue weighted by molar-refractivity contribution is -0.122. The molecule has 1 aliphatic heterocycles. The molecule has 138 valence electrons. The fourth-order valence-corrected chi connectivity index (χ4v) is 2.94. The molecule has 1 heterocycles. The second-order valence-electron chi connectivity index (χ2n) is 6.61. The molecule has 1 fully saturated rings. The van der Waals surface area contributed by atoms with Crippen molar-refractivity contribution in [1.82, 2.24) is 10.2 Å². The quantitative estimate of drug-likeness (QED) is 0.803. The van der Waals surface area contributed by atoms with Gasteiger partial charge in [0.15, 0.2) is 0 Å². The number of halogens is 2. The van der Waals surface area contributed by atoms with E-state index in [1.165, 1.54) is 12.8 Å². The number of piperidine rings is 1. The Bertz CT molecular complexity index is 465. The molecule has 0 radical (unpaired) electrons. The smallest absolute Gasteiger partial charge is 0.237 e. The predicted molar refractivity (Wildman–Crippen MR) is 105 cm³/mol. The molecule has 1 aromatic rings. The van der Waals surface area contributed by atoms with Crippen LogP contribution in [0.15, 0.2) is 30.3 Å². The SMILES string of the molecule is CC1CCN(C(C)CNC(=O)C(N)Cc2ccccc2)CC1.Cl.Cl. The molecule has 3 N–H and O–H groups in total. The first-order chi connectivity index (χ1) is 10.6. The van der Waals surface area contributed by atoms with Gasteiger partial charge < -0.3 is 11.1 Å². The summed E-state index contributed by atoms with van der Waals surface area (Å²) in [4.78, 5) is 14.6. The van der Waals surface area contributed by atoms with Gasteiger partial charge in [0, 0.05) is 12.6 Å². The van der Waals surface area contributed by atoms with Gasteiger partial charge in [0.2, 0.25) is 5.91 Å². The van der Waals surface area contributed by atoms with Crippen molar-refractivity contribution in [3.63, 3.8) is 0 Å². The van der Waals surface area contributed by atoms with E-state index in [9.17, 15) is 4.79 Å². The van der Waals surface area contributed by atoms with Gasteiger partial charge in [-0.15, -0.1) is 24.8 Å². The molecule has 0 spiro atoms. The molecular formula is C18H31Cl2N3O. The molecule has 2 rings (SSSR count). The van der Waals surface area contributed by atoms with Crippen LogP contribution in [0.25, 0.3) is 0 Å². The average Bonchev–Trinajstić information content (AvgIpc) is 2.53. The van der Waals surface area contributed by atoms with Gasteiger partial charge in [-0.3, -0.25) is 9.69 Å². The van der Waals surface area contributed by atoms with E-state index < -0.39 is 6.04 Å². The molecule has 1 amide bonds. The van der Waals surface area contributed by atoms with Crippen LogP contribution < -0.4 is 11.1 Å². The van der Waals surface area contributed by atoms with Crippen molar-refractivity contribution >= 4 is 30.7 Å². The summed E-state index contributed by atoms with van der Waals surface area (Å²) >= 11 is 0. The number of amides is 1. The van der Waals surface area contributed by atoms with Crippen molar-refractivity contribution in [3.05, 3.63) is 35.9 Å². The number of hydrogen-bond donors (Lipinski definition) is 2. The summed E-state index contributed by atoms with van der Waals surface area (Å²) in [7, 11) is 0. The first-order valence-electron chi connectivity index (χ1n) is 8.37. The minimum absolute atomic E-state index is 0. The Morgan fingerprint density at radius 3 is 2.42 bits per heavy atom. The third kappa shape index (κ3) is 7.39. The molecule has 0 aliphatic carbocycles. The zero-order valence-electron chi connectivity index (χ0n) is 14.6. The molecule has 0 aromatic heterocycles. The molecule has 1 aliphatic rings. The van der Waals surface area contributed by atoms with E-state index in [2.05, 4.69) is 24.1 Å². The lowest BCUT2D eigenvalue weighted by atomic mass is 9.98. The average molecular weight is 376 g/mol. The third-order valence-electron chi connectivity index (χ3n) is 4.65. The predicted octanol–water partition coefficient (Wildman–Crippen LogP) is 2.64. The molecule has 0 saturated carbocycles. The van der Waals surface area contributed by atoms with Crippen LogP contribution in [0.3, 0.4) is 0 Å². The van der Waals surface area contributed by atoms with Gasteiger partial charge in [0.1, 0.15) is 0 Å². The summed E-state index contributed by atoms with van der Waals surface area (Å²) in [6.45, 7) is 7.43. The van der Waals surface area contributed by atoms with Crippen LogP contribution in [-0.4, -0.2) is 42.5 Å². The van der Waals surface area contributed by atoms with Crippen molar-refractivity contribution in [2.24, 2.45) is 11.7 Å². The fourth-order valence-electron chi connectivity index (χ4n) is 2.94. The summed E-state index contributed by atoms with van der Waals surface area (Å²) < 4.78 is 0. The van der Waals surface area contributed by atoms with Crippen LogP contribution in [0.2, 0.25) is 0 Å². The molecule has 2 atom stereocenters. The van der Waals surface area contributed by atoms with Gasteiger partial charge in [0.05, 0.1) is 6.04 Å². The number of likely N-dealkylation sites (tertiary alicyclic amines) is 1. The van der Waals surface area contributed by atoms with Crippen molar-refractivity contribution < 1.29 is 4.79 Å². The number of nitrogens with one attached hydrogen (secondary N) is 1.